The Morgan fingerprint density at radius 3 is 2.89 bits per heavy atom. The number of hydrogen-bond donors (Lipinski definition) is 1. The van der Waals surface area contributed by atoms with Gasteiger partial charge in [0.1, 0.15) is 0 Å². The van der Waals surface area contributed by atoms with Crippen LogP contribution in [0.4, 0.5) is 0 Å². The lowest BCUT2D eigenvalue weighted by atomic mass is 10.2. The van der Waals surface area contributed by atoms with Crippen molar-refractivity contribution >= 4 is 17.7 Å². The smallest absolute Gasteiger partial charge is 0.358 e. The average molecular weight is 277 g/mol. The lowest BCUT2D eigenvalue weighted by Gasteiger charge is -2.07. The largest absolute Gasteiger partial charge is 0.476 e. The van der Waals surface area contributed by atoms with E-state index in [1.54, 1.807) is 16.4 Å². The van der Waals surface area contributed by atoms with Crippen LogP contribution in [0, 0.1) is 0 Å². The molecule has 0 amide bonds. The summed E-state index contributed by atoms with van der Waals surface area (Å²) in [6, 6.07) is 7.81. The number of rotatable bonds is 5. The molecule has 1 N–H and O–H groups in total. The quantitative estimate of drug-likeness (QED) is 0.851. The Balaban J connectivity index is 2.51. The first kappa shape index (κ1) is 13.6. The number of nitrogens with zero attached hydrogens (tertiary/aromatic N) is 3. The highest BCUT2D eigenvalue weighted by Crippen LogP contribution is 2.20. The number of thioether (sulfide) groups is 1. The van der Waals surface area contributed by atoms with E-state index in [1.807, 2.05) is 37.4 Å². The van der Waals surface area contributed by atoms with Gasteiger partial charge in [-0.15, -0.1) is 16.9 Å². The Bertz CT molecular complexity index is 595. The van der Waals surface area contributed by atoms with Crippen LogP contribution in [0.5, 0.6) is 0 Å². The van der Waals surface area contributed by atoms with Gasteiger partial charge in [0.25, 0.3) is 0 Å². The summed E-state index contributed by atoms with van der Waals surface area (Å²) in [5.41, 5.74) is 1.53. The minimum absolute atomic E-state index is 0.0383. The van der Waals surface area contributed by atoms with Crippen LogP contribution in [0.3, 0.4) is 0 Å². The molecular weight excluding hydrogens is 262 g/mol. The Kier molecular flexibility index (Phi) is 4.21. The van der Waals surface area contributed by atoms with Crippen molar-refractivity contribution in [1.82, 2.24) is 15.0 Å². The number of aromatic nitrogens is 3. The third-order valence-electron chi connectivity index (χ3n) is 2.75. The summed E-state index contributed by atoms with van der Waals surface area (Å²) in [4.78, 5) is 12.2. The molecule has 1 aromatic carbocycles. The van der Waals surface area contributed by atoms with Crippen molar-refractivity contribution < 1.29 is 9.90 Å². The second-order valence-corrected chi connectivity index (χ2v) is 4.93. The van der Waals surface area contributed by atoms with E-state index in [0.29, 0.717) is 12.1 Å². The summed E-state index contributed by atoms with van der Waals surface area (Å²) in [5, 5.41) is 16.9. The molecule has 5 nitrogen and oxygen atoms in total. The minimum Gasteiger partial charge on any atom is -0.476 e. The standard InChI is InChI=1S/C13H15N3O2S/c1-3-5-11-12(13(17)18)14-15-16(11)9-6-4-7-10(8-9)19-2/h4,6-8H,3,5H2,1-2H3,(H,17,18). The van der Waals surface area contributed by atoms with Gasteiger partial charge in [-0.1, -0.05) is 24.6 Å². The predicted octanol–water partition coefficient (Wildman–Crippen LogP) is 2.64. The Morgan fingerprint density at radius 2 is 2.26 bits per heavy atom. The monoisotopic (exact) mass is 277 g/mol. The van der Waals surface area contributed by atoms with Crippen LogP contribution in [0.1, 0.15) is 29.5 Å². The molecular formula is C13H15N3O2S. The van der Waals surface area contributed by atoms with E-state index in [9.17, 15) is 4.79 Å². The summed E-state index contributed by atoms with van der Waals surface area (Å²) >= 11 is 1.63. The SMILES string of the molecule is CCCc1c(C(=O)O)nnn1-c1cccc(SC)c1. The maximum absolute atomic E-state index is 11.1. The first-order valence-electron chi connectivity index (χ1n) is 5.99. The normalized spacial score (nSPS) is 10.6. The number of benzene rings is 1. The number of carboxylic acids is 1. The van der Waals surface area contributed by atoms with Gasteiger partial charge >= 0.3 is 5.97 Å². The summed E-state index contributed by atoms with van der Waals surface area (Å²) in [6.45, 7) is 2.00. The molecule has 1 heterocycles. The maximum Gasteiger partial charge on any atom is 0.358 e. The lowest BCUT2D eigenvalue weighted by molar-refractivity contribution is 0.0689. The zero-order chi connectivity index (χ0) is 13.8. The van der Waals surface area contributed by atoms with Crippen LogP contribution in [0.2, 0.25) is 0 Å². The molecule has 0 aliphatic rings. The van der Waals surface area contributed by atoms with Gasteiger partial charge in [-0.2, -0.15) is 0 Å². The topological polar surface area (TPSA) is 68.0 Å². The van der Waals surface area contributed by atoms with E-state index in [4.69, 9.17) is 5.11 Å². The van der Waals surface area contributed by atoms with E-state index >= 15 is 0 Å². The van der Waals surface area contributed by atoms with E-state index in [-0.39, 0.29) is 5.69 Å². The van der Waals surface area contributed by atoms with Gasteiger partial charge in [-0.3, -0.25) is 0 Å². The predicted molar refractivity (Wildman–Crippen MR) is 74.1 cm³/mol. The van der Waals surface area contributed by atoms with Crippen molar-refractivity contribution in [3.63, 3.8) is 0 Å². The highest BCUT2D eigenvalue weighted by Gasteiger charge is 2.19. The van der Waals surface area contributed by atoms with Crippen molar-refractivity contribution in [3.05, 3.63) is 35.7 Å². The van der Waals surface area contributed by atoms with Crippen molar-refractivity contribution in [2.45, 2.75) is 24.7 Å². The van der Waals surface area contributed by atoms with E-state index in [2.05, 4.69) is 10.3 Å². The first-order chi connectivity index (χ1) is 9.17. The summed E-state index contributed by atoms with van der Waals surface area (Å²) in [6.07, 6.45) is 3.48. The molecule has 6 heteroatoms. The van der Waals surface area contributed by atoms with Crippen LogP contribution in [-0.2, 0) is 6.42 Å². The number of aromatic carboxylic acids is 1. The number of carbonyl (C=O) groups is 1. The van der Waals surface area contributed by atoms with Crippen LogP contribution in [0.25, 0.3) is 5.69 Å². The molecule has 0 atom stereocenters. The van der Waals surface area contributed by atoms with Crippen LogP contribution in [0.15, 0.2) is 29.2 Å². The number of carboxylic acid groups (broad SMARTS) is 1. The lowest BCUT2D eigenvalue weighted by Crippen LogP contribution is -2.06. The van der Waals surface area contributed by atoms with Crippen LogP contribution in [-0.4, -0.2) is 32.3 Å². The second-order valence-electron chi connectivity index (χ2n) is 4.05. The Labute approximate surface area is 115 Å². The van der Waals surface area contributed by atoms with Gasteiger partial charge in [0.15, 0.2) is 5.69 Å². The first-order valence-corrected chi connectivity index (χ1v) is 7.22. The van der Waals surface area contributed by atoms with E-state index in [1.165, 1.54) is 0 Å². The Hall–Kier alpha value is -1.82. The van der Waals surface area contributed by atoms with Gasteiger partial charge in [0, 0.05) is 4.90 Å². The molecule has 0 fully saturated rings. The van der Waals surface area contributed by atoms with Crippen LogP contribution >= 0.6 is 11.8 Å². The van der Waals surface area contributed by atoms with Gasteiger partial charge in [0.2, 0.25) is 0 Å². The fourth-order valence-electron chi connectivity index (χ4n) is 1.88. The zero-order valence-corrected chi connectivity index (χ0v) is 11.6. The summed E-state index contributed by atoms with van der Waals surface area (Å²) in [7, 11) is 0. The van der Waals surface area contributed by atoms with Gasteiger partial charge in [-0.05, 0) is 30.9 Å². The third kappa shape index (κ3) is 2.78. The minimum atomic E-state index is -1.03. The van der Waals surface area contributed by atoms with Gasteiger partial charge < -0.3 is 5.11 Å². The molecule has 0 aliphatic heterocycles. The van der Waals surface area contributed by atoms with Crippen molar-refractivity contribution in [2.75, 3.05) is 6.26 Å². The molecule has 0 spiro atoms. The third-order valence-corrected chi connectivity index (χ3v) is 3.48. The molecule has 1 aromatic heterocycles. The fraction of sp³-hybridized carbons (Fsp3) is 0.308. The fourth-order valence-corrected chi connectivity index (χ4v) is 2.33. The highest BCUT2D eigenvalue weighted by atomic mass is 32.2. The van der Waals surface area contributed by atoms with Gasteiger partial charge in [-0.25, -0.2) is 9.48 Å². The molecule has 19 heavy (non-hydrogen) atoms. The molecule has 2 aromatic rings. The van der Waals surface area contributed by atoms with Gasteiger partial charge in [0.05, 0.1) is 11.4 Å². The molecule has 0 saturated carbocycles. The molecule has 0 aliphatic carbocycles. The van der Waals surface area contributed by atoms with Crippen molar-refractivity contribution in [1.29, 1.82) is 0 Å². The Morgan fingerprint density at radius 1 is 1.47 bits per heavy atom. The average Bonchev–Trinajstić information content (AvgIpc) is 2.83. The molecule has 0 bridgehead atoms. The van der Waals surface area contributed by atoms with Crippen molar-refractivity contribution in [2.24, 2.45) is 0 Å². The van der Waals surface area contributed by atoms with Crippen LogP contribution < -0.4 is 0 Å². The van der Waals surface area contributed by atoms with Crippen molar-refractivity contribution in [3.8, 4) is 5.69 Å². The molecule has 100 valence electrons. The van der Waals surface area contributed by atoms with E-state index < -0.39 is 5.97 Å². The summed E-state index contributed by atoms with van der Waals surface area (Å²) in [5.74, 6) is -1.03. The molecule has 2 rings (SSSR count). The summed E-state index contributed by atoms with van der Waals surface area (Å²) < 4.78 is 1.62. The zero-order valence-electron chi connectivity index (χ0n) is 10.8. The van der Waals surface area contributed by atoms with E-state index in [0.717, 1.165) is 17.0 Å². The molecule has 0 saturated heterocycles. The second kappa shape index (κ2) is 5.88. The maximum atomic E-state index is 11.1. The molecule has 0 unspecified atom stereocenters. The number of hydrogen-bond acceptors (Lipinski definition) is 4. The highest BCUT2D eigenvalue weighted by molar-refractivity contribution is 7.98. The molecule has 0 radical (unpaired) electrons.